The molecule has 0 aliphatic carbocycles. The molecular formula is C12H20N4O2. The summed E-state index contributed by atoms with van der Waals surface area (Å²) in [5.41, 5.74) is 0.824. The summed E-state index contributed by atoms with van der Waals surface area (Å²) in [4.78, 5) is 14.1. The van der Waals surface area contributed by atoms with Crippen molar-refractivity contribution < 1.29 is 9.90 Å². The van der Waals surface area contributed by atoms with Gasteiger partial charge in [0.2, 0.25) is 5.91 Å². The molecule has 100 valence electrons. The molecule has 1 fully saturated rings. The van der Waals surface area contributed by atoms with Gasteiger partial charge in [-0.25, -0.2) is 4.68 Å². The smallest absolute Gasteiger partial charge is 0.247 e. The lowest BCUT2D eigenvalue weighted by molar-refractivity contribution is -0.133. The van der Waals surface area contributed by atoms with Gasteiger partial charge in [-0.1, -0.05) is 5.21 Å². The second-order valence-corrected chi connectivity index (χ2v) is 4.73. The van der Waals surface area contributed by atoms with E-state index in [2.05, 4.69) is 10.3 Å². The number of likely N-dealkylation sites (tertiary alicyclic amines) is 1. The first-order valence-electron chi connectivity index (χ1n) is 6.52. The molecule has 0 saturated carbocycles. The van der Waals surface area contributed by atoms with E-state index in [1.807, 2.05) is 11.8 Å². The lowest BCUT2D eigenvalue weighted by Crippen LogP contribution is -2.34. The van der Waals surface area contributed by atoms with E-state index < -0.39 is 0 Å². The molecule has 0 radical (unpaired) electrons. The maximum absolute atomic E-state index is 12.2. The fraction of sp³-hybridized carbons (Fsp3) is 0.750. The normalized spacial score (nSPS) is 17.1. The second-order valence-electron chi connectivity index (χ2n) is 4.73. The maximum atomic E-state index is 12.2. The summed E-state index contributed by atoms with van der Waals surface area (Å²) >= 11 is 0. The SMILES string of the molecule is CC(C(=O)N1CCCC1)n1cc(CCCO)nn1. The Labute approximate surface area is 107 Å². The van der Waals surface area contributed by atoms with Crippen LogP contribution >= 0.6 is 0 Å². The fourth-order valence-electron chi connectivity index (χ4n) is 2.19. The Morgan fingerprint density at radius 1 is 1.50 bits per heavy atom. The number of hydrogen-bond acceptors (Lipinski definition) is 4. The summed E-state index contributed by atoms with van der Waals surface area (Å²) in [6.45, 7) is 3.71. The third-order valence-electron chi connectivity index (χ3n) is 3.32. The minimum absolute atomic E-state index is 0.117. The van der Waals surface area contributed by atoms with Crippen LogP contribution in [0.2, 0.25) is 0 Å². The monoisotopic (exact) mass is 252 g/mol. The number of hydrogen-bond donors (Lipinski definition) is 1. The average Bonchev–Trinajstić information content (AvgIpc) is 3.05. The van der Waals surface area contributed by atoms with Crippen LogP contribution in [0.15, 0.2) is 6.20 Å². The summed E-state index contributed by atoms with van der Waals surface area (Å²) in [6, 6.07) is -0.293. The molecule has 1 amide bonds. The van der Waals surface area contributed by atoms with Crippen LogP contribution in [0.3, 0.4) is 0 Å². The third kappa shape index (κ3) is 2.87. The third-order valence-corrected chi connectivity index (χ3v) is 3.32. The Morgan fingerprint density at radius 3 is 2.89 bits per heavy atom. The average molecular weight is 252 g/mol. The van der Waals surface area contributed by atoms with Gasteiger partial charge in [0.05, 0.1) is 5.69 Å². The number of aliphatic hydroxyl groups is 1. The molecule has 1 N–H and O–H groups in total. The second kappa shape index (κ2) is 5.95. The zero-order valence-corrected chi connectivity index (χ0v) is 10.7. The van der Waals surface area contributed by atoms with Gasteiger partial charge in [0, 0.05) is 25.9 Å². The highest BCUT2D eigenvalue weighted by molar-refractivity contribution is 5.80. The van der Waals surface area contributed by atoms with Gasteiger partial charge in [-0.05, 0) is 32.6 Å². The quantitative estimate of drug-likeness (QED) is 0.822. The highest BCUT2D eigenvalue weighted by atomic mass is 16.2. The molecule has 1 unspecified atom stereocenters. The Kier molecular flexibility index (Phi) is 4.30. The minimum Gasteiger partial charge on any atom is -0.396 e. The maximum Gasteiger partial charge on any atom is 0.247 e. The number of carbonyl (C=O) groups excluding carboxylic acids is 1. The number of aryl methyl sites for hydroxylation is 1. The Morgan fingerprint density at radius 2 is 2.22 bits per heavy atom. The molecule has 1 aliphatic rings. The van der Waals surface area contributed by atoms with Crippen molar-refractivity contribution in [3.63, 3.8) is 0 Å². The largest absolute Gasteiger partial charge is 0.396 e. The van der Waals surface area contributed by atoms with E-state index in [1.165, 1.54) is 0 Å². The van der Waals surface area contributed by atoms with Gasteiger partial charge in [-0.15, -0.1) is 5.10 Å². The van der Waals surface area contributed by atoms with E-state index in [-0.39, 0.29) is 18.6 Å². The number of aromatic nitrogens is 3. The molecule has 2 heterocycles. The van der Waals surface area contributed by atoms with Crippen molar-refractivity contribution in [3.05, 3.63) is 11.9 Å². The van der Waals surface area contributed by atoms with Crippen molar-refractivity contribution in [2.24, 2.45) is 0 Å². The highest BCUT2D eigenvalue weighted by Crippen LogP contribution is 2.15. The zero-order valence-electron chi connectivity index (χ0n) is 10.7. The molecule has 2 rings (SSSR count). The number of aliphatic hydroxyl groups excluding tert-OH is 1. The first kappa shape index (κ1) is 13.0. The van der Waals surface area contributed by atoms with Crippen molar-refractivity contribution in [1.29, 1.82) is 0 Å². The van der Waals surface area contributed by atoms with Crippen LogP contribution in [0.1, 0.15) is 37.9 Å². The number of amides is 1. The molecule has 1 aromatic heterocycles. The van der Waals surface area contributed by atoms with Crippen LogP contribution in [0, 0.1) is 0 Å². The van der Waals surface area contributed by atoms with Crippen LogP contribution < -0.4 is 0 Å². The van der Waals surface area contributed by atoms with Crippen LogP contribution in [0.4, 0.5) is 0 Å². The number of rotatable bonds is 5. The van der Waals surface area contributed by atoms with Crippen molar-refractivity contribution in [2.75, 3.05) is 19.7 Å². The molecule has 0 spiro atoms. The van der Waals surface area contributed by atoms with Crippen molar-refractivity contribution in [3.8, 4) is 0 Å². The molecule has 0 bridgehead atoms. The van der Waals surface area contributed by atoms with Crippen molar-refractivity contribution >= 4 is 5.91 Å². The van der Waals surface area contributed by atoms with E-state index in [9.17, 15) is 4.79 Å². The Hall–Kier alpha value is -1.43. The van der Waals surface area contributed by atoms with Gasteiger partial charge in [0.1, 0.15) is 6.04 Å². The van der Waals surface area contributed by atoms with E-state index >= 15 is 0 Å². The van der Waals surface area contributed by atoms with Crippen molar-refractivity contribution in [1.82, 2.24) is 19.9 Å². The van der Waals surface area contributed by atoms with E-state index in [4.69, 9.17) is 5.11 Å². The molecule has 18 heavy (non-hydrogen) atoms. The lowest BCUT2D eigenvalue weighted by Gasteiger charge is -2.19. The fourth-order valence-corrected chi connectivity index (χ4v) is 2.19. The van der Waals surface area contributed by atoms with E-state index in [0.29, 0.717) is 12.8 Å². The topological polar surface area (TPSA) is 71.2 Å². The van der Waals surface area contributed by atoms with Crippen molar-refractivity contribution in [2.45, 2.75) is 38.6 Å². The molecule has 1 atom stereocenters. The summed E-state index contributed by atoms with van der Waals surface area (Å²) in [5.74, 6) is 0.117. The molecular weight excluding hydrogens is 232 g/mol. The van der Waals surface area contributed by atoms with Gasteiger partial charge >= 0.3 is 0 Å². The van der Waals surface area contributed by atoms with Gasteiger partial charge in [0.25, 0.3) is 0 Å². The molecule has 6 heteroatoms. The lowest BCUT2D eigenvalue weighted by atomic mass is 10.2. The predicted octanol–water partition coefficient (Wildman–Crippen LogP) is 0.386. The highest BCUT2D eigenvalue weighted by Gasteiger charge is 2.25. The first-order valence-corrected chi connectivity index (χ1v) is 6.52. The first-order chi connectivity index (χ1) is 8.72. The van der Waals surface area contributed by atoms with Gasteiger partial charge in [-0.3, -0.25) is 4.79 Å². The predicted molar refractivity (Wildman–Crippen MR) is 66.0 cm³/mol. The summed E-state index contributed by atoms with van der Waals surface area (Å²) in [5, 5.41) is 16.8. The van der Waals surface area contributed by atoms with E-state index in [1.54, 1.807) is 10.9 Å². The minimum atomic E-state index is -0.293. The van der Waals surface area contributed by atoms with Crippen LogP contribution in [0.25, 0.3) is 0 Å². The Balaban J connectivity index is 1.97. The Bertz CT molecular complexity index is 399. The van der Waals surface area contributed by atoms with Gasteiger partial charge < -0.3 is 10.0 Å². The standard InChI is InChI=1S/C12H20N4O2/c1-10(12(18)15-6-2-3-7-15)16-9-11(13-14-16)5-4-8-17/h9-10,17H,2-8H2,1H3. The van der Waals surface area contributed by atoms with Gasteiger partial charge in [-0.2, -0.15) is 0 Å². The zero-order chi connectivity index (χ0) is 13.0. The van der Waals surface area contributed by atoms with Crippen LogP contribution in [-0.2, 0) is 11.2 Å². The summed E-state index contributed by atoms with van der Waals surface area (Å²) < 4.78 is 1.62. The number of carbonyl (C=O) groups is 1. The van der Waals surface area contributed by atoms with Crippen LogP contribution in [0.5, 0.6) is 0 Å². The van der Waals surface area contributed by atoms with Crippen LogP contribution in [-0.4, -0.2) is 50.6 Å². The molecule has 1 saturated heterocycles. The molecule has 1 aromatic rings. The summed E-state index contributed by atoms with van der Waals surface area (Å²) in [7, 11) is 0. The number of nitrogens with zero attached hydrogens (tertiary/aromatic N) is 4. The van der Waals surface area contributed by atoms with E-state index in [0.717, 1.165) is 31.6 Å². The molecule has 1 aliphatic heterocycles. The van der Waals surface area contributed by atoms with Gasteiger partial charge in [0.15, 0.2) is 0 Å². The molecule has 0 aromatic carbocycles. The molecule has 6 nitrogen and oxygen atoms in total. The summed E-state index contributed by atoms with van der Waals surface area (Å²) in [6.07, 6.45) is 5.36.